The van der Waals surface area contributed by atoms with E-state index in [9.17, 15) is 4.79 Å². The molecule has 2 saturated heterocycles. The van der Waals surface area contributed by atoms with Crippen LogP contribution in [0.3, 0.4) is 0 Å². The molecular weight excluding hydrogens is 304 g/mol. The fraction of sp³-hybridized carbons (Fsp3) is 0.556. The maximum atomic E-state index is 11.6. The number of amides is 1. The van der Waals surface area contributed by atoms with Gasteiger partial charge in [-0.1, -0.05) is 6.07 Å². The Morgan fingerprint density at radius 3 is 2.83 bits per heavy atom. The highest BCUT2D eigenvalue weighted by Crippen LogP contribution is 2.30. The zero-order valence-corrected chi connectivity index (χ0v) is 14.4. The van der Waals surface area contributed by atoms with E-state index in [2.05, 4.69) is 34.6 Å². The molecule has 2 aromatic heterocycles. The number of aryl methyl sites for hydroxylation is 1. The second-order valence-electron chi connectivity index (χ2n) is 7.15. The molecule has 24 heavy (non-hydrogen) atoms. The molecule has 128 valence electrons. The molecule has 0 radical (unpaired) electrons. The quantitative estimate of drug-likeness (QED) is 0.838. The molecule has 4 rings (SSSR count). The number of hydrogen-bond donors (Lipinski definition) is 0. The van der Waals surface area contributed by atoms with Gasteiger partial charge in [-0.25, -0.2) is 4.98 Å². The lowest BCUT2D eigenvalue weighted by Gasteiger charge is -2.46. The molecule has 2 fully saturated rings. The van der Waals surface area contributed by atoms with Crippen LogP contribution in [0.2, 0.25) is 0 Å². The molecule has 2 aliphatic rings. The Kier molecular flexibility index (Phi) is 3.81. The lowest BCUT2D eigenvalue weighted by atomic mass is 9.89. The van der Waals surface area contributed by atoms with Crippen molar-refractivity contribution in [2.24, 2.45) is 0 Å². The average molecular weight is 328 g/mol. The lowest BCUT2D eigenvalue weighted by molar-refractivity contribution is -0.169. The van der Waals surface area contributed by atoms with Crippen molar-refractivity contribution in [3.8, 4) is 0 Å². The predicted octanol–water partition coefficient (Wildman–Crippen LogP) is 1.47. The Morgan fingerprint density at radius 2 is 2.12 bits per heavy atom. The number of hydrogen-bond acceptors (Lipinski definition) is 4. The van der Waals surface area contributed by atoms with E-state index >= 15 is 0 Å². The summed E-state index contributed by atoms with van der Waals surface area (Å²) in [6.07, 6.45) is 6.11. The van der Waals surface area contributed by atoms with Crippen molar-refractivity contribution < 1.29 is 9.53 Å². The van der Waals surface area contributed by atoms with Gasteiger partial charge < -0.3 is 14.0 Å². The third kappa shape index (κ3) is 2.80. The maximum Gasteiger partial charge on any atom is 0.248 e. The Labute approximate surface area is 142 Å². The van der Waals surface area contributed by atoms with Crippen molar-refractivity contribution in [2.45, 2.75) is 31.9 Å². The molecule has 4 heterocycles. The second-order valence-corrected chi connectivity index (χ2v) is 7.15. The Morgan fingerprint density at radius 1 is 1.33 bits per heavy atom. The molecule has 2 aromatic rings. The first kappa shape index (κ1) is 15.6. The molecule has 0 aliphatic carbocycles. The van der Waals surface area contributed by atoms with Gasteiger partial charge in [-0.15, -0.1) is 0 Å². The number of likely N-dealkylation sites (N-methyl/N-ethyl adjacent to an activating group) is 1. The minimum absolute atomic E-state index is 0.0862. The molecule has 0 saturated carbocycles. The van der Waals surface area contributed by atoms with Crippen LogP contribution >= 0.6 is 0 Å². The van der Waals surface area contributed by atoms with Gasteiger partial charge in [0.25, 0.3) is 0 Å². The number of likely N-dealkylation sites (tertiary alicyclic amines) is 1. The van der Waals surface area contributed by atoms with Gasteiger partial charge in [0.15, 0.2) is 0 Å². The van der Waals surface area contributed by atoms with Gasteiger partial charge in [0.05, 0.1) is 11.3 Å². The molecule has 1 spiro atoms. The molecule has 0 aromatic carbocycles. The molecule has 0 atom stereocenters. The molecule has 6 nitrogen and oxygen atoms in total. The Bertz CT molecular complexity index is 761. The summed E-state index contributed by atoms with van der Waals surface area (Å²) in [4.78, 5) is 20.6. The normalized spacial score (nSPS) is 21.8. The van der Waals surface area contributed by atoms with Crippen molar-refractivity contribution in [1.82, 2.24) is 19.2 Å². The van der Waals surface area contributed by atoms with E-state index in [1.807, 2.05) is 18.1 Å². The van der Waals surface area contributed by atoms with Gasteiger partial charge in [0.1, 0.15) is 12.3 Å². The van der Waals surface area contributed by atoms with Crippen LogP contribution < -0.4 is 0 Å². The zero-order chi connectivity index (χ0) is 16.7. The first-order valence-corrected chi connectivity index (χ1v) is 8.58. The molecule has 2 aliphatic heterocycles. The van der Waals surface area contributed by atoms with E-state index in [0.717, 1.165) is 43.8 Å². The van der Waals surface area contributed by atoms with Gasteiger partial charge in [-0.3, -0.25) is 9.69 Å². The standard InChI is InChI=1S/C18H24N4O2/c1-14-4-3-7-22-11-15(19-17(14)22)10-21-8-5-18(6-9-21)13-20(2)16(23)12-24-18/h3-4,7,11H,5-6,8-10,12-13H2,1-2H3. The highest BCUT2D eigenvalue weighted by atomic mass is 16.5. The molecule has 6 heteroatoms. The smallest absolute Gasteiger partial charge is 0.248 e. The minimum Gasteiger partial charge on any atom is -0.363 e. The van der Waals surface area contributed by atoms with Crippen LogP contribution in [0.1, 0.15) is 24.1 Å². The first-order valence-electron chi connectivity index (χ1n) is 8.58. The third-order valence-corrected chi connectivity index (χ3v) is 5.33. The van der Waals surface area contributed by atoms with Crippen molar-refractivity contribution >= 4 is 11.6 Å². The maximum absolute atomic E-state index is 11.6. The van der Waals surface area contributed by atoms with Crippen LogP contribution in [0.4, 0.5) is 0 Å². The van der Waals surface area contributed by atoms with Crippen LogP contribution in [-0.4, -0.2) is 64.0 Å². The predicted molar refractivity (Wildman–Crippen MR) is 90.8 cm³/mol. The number of nitrogens with zero attached hydrogens (tertiary/aromatic N) is 4. The number of carbonyl (C=O) groups excluding carboxylic acids is 1. The van der Waals surface area contributed by atoms with Crippen LogP contribution in [0.5, 0.6) is 0 Å². The summed E-state index contributed by atoms with van der Waals surface area (Å²) in [5, 5.41) is 0. The second kappa shape index (κ2) is 5.86. The van der Waals surface area contributed by atoms with Crippen LogP contribution in [-0.2, 0) is 16.1 Å². The number of ether oxygens (including phenoxy) is 1. The molecule has 1 amide bonds. The average Bonchev–Trinajstić information content (AvgIpc) is 2.98. The summed E-state index contributed by atoms with van der Waals surface area (Å²) in [5.74, 6) is 0.0862. The van der Waals surface area contributed by atoms with E-state index in [1.54, 1.807) is 0 Å². The number of pyridine rings is 1. The Hall–Kier alpha value is -1.92. The SMILES string of the molecule is Cc1cccn2cc(CN3CCC4(CC3)CN(C)C(=O)CO4)nc12. The van der Waals surface area contributed by atoms with Gasteiger partial charge in [0, 0.05) is 45.6 Å². The largest absolute Gasteiger partial charge is 0.363 e. The van der Waals surface area contributed by atoms with Crippen molar-refractivity contribution in [3.63, 3.8) is 0 Å². The van der Waals surface area contributed by atoms with Gasteiger partial charge in [-0.2, -0.15) is 0 Å². The fourth-order valence-corrected chi connectivity index (χ4v) is 3.82. The first-order chi connectivity index (χ1) is 11.5. The fourth-order valence-electron chi connectivity index (χ4n) is 3.82. The van der Waals surface area contributed by atoms with Crippen LogP contribution in [0.15, 0.2) is 24.5 Å². The summed E-state index contributed by atoms with van der Waals surface area (Å²) in [6.45, 7) is 5.86. The monoisotopic (exact) mass is 328 g/mol. The van der Waals surface area contributed by atoms with Crippen LogP contribution in [0.25, 0.3) is 5.65 Å². The number of piperidine rings is 1. The highest BCUT2D eigenvalue weighted by Gasteiger charge is 2.41. The number of rotatable bonds is 2. The summed E-state index contributed by atoms with van der Waals surface area (Å²) >= 11 is 0. The van der Waals surface area contributed by atoms with Gasteiger partial charge >= 0.3 is 0 Å². The number of aromatic nitrogens is 2. The van der Waals surface area contributed by atoms with E-state index in [4.69, 9.17) is 9.72 Å². The van der Waals surface area contributed by atoms with Gasteiger partial charge in [0.2, 0.25) is 5.91 Å². The molecule has 0 unspecified atom stereocenters. The lowest BCUT2D eigenvalue weighted by Crippen LogP contribution is -2.57. The van der Waals surface area contributed by atoms with E-state index in [-0.39, 0.29) is 18.1 Å². The van der Waals surface area contributed by atoms with Crippen molar-refractivity contribution in [1.29, 1.82) is 0 Å². The van der Waals surface area contributed by atoms with Gasteiger partial charge in [-0.05, 0) is 31.4 Å². The number of fused-ring (bicyclic) bond motifs is 1. The third-order valence-electron chi connectivity index (χ3n) is 5.33. The highest BCUT2D eigenvalue weighted by molar-refractivity contribution is 5.78. The van der Waals surface area contributed by atoms with E-state index in [0.29, 0.717) is 6.54 Å². The Balaban J connectivity index is 1.41. The topological polar surface area (TPSA) is 50.1 Å². The summed E-state index contributed by atoms with van der Waals surface area (Å²) in [5.41, 5.74) is 3.20. The number of imidazole rings is 1. The van der Waals surface area contributed by atoms with Crippen molar-refractivity contribution in [2.75, 3.05) is 33.3 Å². The summed E-state index contributed by atoms with van der Waals surface area (Å²) in [6, 6.07) is 4.14. The number of carbonyl (C=O) groups is 1. The zero-order valence-electron chi connectivity index (χ0n) is 14.4. The summed E-state index contributed by atoms with van der Waals surface area (Å²) < 4.78 is 8.01. The summed E-state index contributed by atoms with van der Waals surface area (Å²) in [7, 11) is 1.87. The molecule has 0 N–H and O–H groups in total. The minimum atomic E-state index is -0.144. The van der Waals surface area contributed by atoms with Crippen molar-refractivity contribution in [3.05, 3.63) is 35.8 Å². The van der Waals surface area contributed by atoms with E-state index in [1.165, 1.54) is 5.56 Å². The molecular formula is C18H24N4O2. The number of morpholine rings is 1. The van der Waals surface area contributed by atoms with Crippen LogP contribution in [0, 0.1) is 6.92 Å². The van der Waals surface area contributed by atoms with E-state index < -0.39 is 0 Å². The molecule has 0 bridgehead atoms.